The fourth-order valence-electron chi connectivity index (χ4n) is 3.01. The third kappa shape index (κ3) is 3.52. The van der Waals surface area contributed by atoms with Gasteiger partial charge >= 0.3 is 0 Å². The van der Waals surface area contributed by atoms with E-state index >= 15 is 0 Å². The van der Waals surface area contributed by atoms with E-state index in [9.17, 15) is 4.79 Å². The molecule has 0 radical (unpaired) electrons. The molecular weight excluding hydrogens is 324 g/mol. The Hall–Kier alpha value is -1.73. The summed E-state index contributed by atoms with van der Waals surface area (Å²) in [5.41, 5.74) is 1.74. The quantitative estimate of drug-likeness (QED) is 0.834. The van der Waals surface area contributed by atoms with Gasteiger partial charge in [0.25, 0.3) is 5.91 Å². The second-order valence-electron chi connectivity index (χ2n) is 6.42. The van der Waals surface area contributed by atoms with Crippen LogP contribution in [0.5, 0.6) is 0 Å². The number of rotatable bonds is 5. The summed E-state index contributed by atoms with van der Waals surface area (Å²) in [4.78, 5) is 19.2. The molecule has 0 aromatic carbocycles. The van der Waals surface area contributed by atoms with Gasteiger partial charge in [-0.1, -0.05) is 20.8 Å². The molecular formula is C17H24N4O2S. The first-order valence-electron chi connectivity index (χ1n) is 8.45. The number of morpholine rings is 1. The van der Waals surface area contributed by atoms with Crippen molar-refractivity contribution >= 4 is 17.2 Å². The van der Waals surface area contributed by atoms with Crippen molar-refractivity contribution < 1.29 is 9.53 Å². The lowest BCUT2D eigenvalue weighted by atomic mass is 10.1. The molecule has 24 heavy (non-hydrogen) atoms. The Morgan fingerprint density at radius 2 is 2.33 bits per heavy atom. The van der Waals surface area contributed by atoms with Gasteiger partial charge in [0, 0.05) is 24.7 Å². The van der Waals surface area contributed by atoms with Crippen molar-refractivity contribution in [2.45, 2.75) is 39.8 Å². The lowest BCUT2D eigenvalue weighted by Gasteiger charge is -2.32. The third-order valence-electron chi connectivity index (χ3n) is 4.13. The van der Waals surface area contributed by atoms with Crippen molar-refractivity contribution in [1.82, 2.24) is 19.7 Å². The molecule has 1 amide bonds. The topological polar surface area (TPSA) is 60.3 Å². The number of hydrogen-bond acceptors (Lipinski definition) is 5. The third-order valence-corrected chi connectivity index (χ3v) is 5.00. The van der Waals surface area contributed by atoms with Crippen molar-refractivity contribution in [3.8, 4) is 0 Å². The first-order chi connectivity index (χ1) is 11.6. The molecule has 2 aromatic heterocycles. The summed E-state index contributed by atoms with van der Waals surface area (Å²) >= 11 is 1.57. The molecule has 7 heteroatoms. The smallest absolute Gasteiger partial charge is 0.257 e. The van der Waals surface area contributed by atoms with E-state index in [1.54, 1.807) is 23.7 Å². The van der Waals surface area contributed by atoms with Crippen molar-refractivity contribution in [3.05, 3.63) is 34.0 Å². The predicted molar refractivity (Wildman–Crippen MR) is 93.2 cm³/mol. The molecule has 0 spiro atoms. The molecule has 3 rings (SSSR count). The number of ether oxygens (including phenoxy) is 1. The Bertz CT molecular complexity index is 681. The van der Waals surface area contributed by atoms with Crippen LogP contribution in [0, 0.1) is 5.92 Å². The van der Waals surface area contributed by atoms with Crippen LogP contribution < -0.4 is 0 Å². The van der Waals surface area contributed by atoms with Gasteiger partial charge in [0.2, 0.25) is 0 Å². The van der Waals surface area contributed by atoms with Gasteiger partial charge in [0.15, 0.2) is 0 Å². The Balaban J connectivity index is 1.77. The molecule has 130 valence electrons. The standard InChI is InChI=1S/C17H24N4O2S/c1-4-14-13(9-19-21(14)10-12(2)3)17(22)20-6-7-23-15(11-20)16-18-5-8-24-16/h5,8-9,12,15H,4,6-7,10-11H2,1-3H3/t15-/m0/s1. The highest BCUT2D eigenvalue weighted by Crippen LogP contribution is 2.25. The predicted octanol–water partition coefficient (Wildman–Crippen LogP) is 2.77. The molecule has 0 aliphatic carbocycles. The maximum absolute atomic E-state index is 13.0. The molecule has 0 N–H and O–H groups in total. The van der Waals surface area contributed by atoms with Gasteiger partial charge in [-0.2, -0.15) is 5.10 Å². The normalized spacial score (nSPS) is 18.3. The van der Waals surface area contributed by atoms with Crippen LogP contribution in [0.25, 0.3) is 0 Å². The first-order valence-corrected chi connectivity index (χ1v) is 9.33. The zero-order valence-electron chi connectivity index (χ0n) is 14.4. The molecule has 1 aliphatic rings. The molecule has 3 heterocycles. The van der Waals surface area contributed by atoms with Crippen LogP contribution in [-0.4, -0.2) is 45.3 Å². The van der Waals surface area contributed by atoms with Gasteiger partial charge in [-0.15, -0.1) is 11.3 Å². The van der Waals surface area contributed by atoms with Crippen LogP contribution in [0.4, 0.5) is 0 Å². The Kier molecular flexibility index (Phi) is 5.30. The minimum absolute atomic E-state index is 0.0479. The SMILES string of the molecule is CCc1c(C(=O)N2CCO[C@H](c3nccs3)C2)cnn1CC(C)C. The van der Waals surface area contributed by atoms with Crippen LogP contribution in [-0.2, 0) is 17.7 Å². The highest BCUT2D eigenvalue weighted by Gasteiger charge is 2.29. The zero-order chi connectivity index (χ0) is 17.1. The second kappa shape index (κ2) is 7.44. The molecule has 1 aliphatic heterocycles. The lowest BCUT2D eigenvalue weighted by Crippen LogP contribution is -2.42. The van der Waals surface area contributed by atoms with Crippen molar-refractivity contribution in [3.63, 3.8) is 0 Å². The Labute approximate surface area is 146 Å². The van der Waals surface area contributed by atoms with E-state index in [-0.39, 0.29) is 12.0 Å². The number of carbonyl (C=O) groups excluding carboxylic acids is 1. The van der Waals surface area contributed by atoms with Crippen LogP contribution in [0.2, 0.25) is 0 Å². The van der Waals surface area contributed by atoms with Crippen LogP contribution in [0.3, 0.4) is 0 Å². The second-order valence-corrected chi connectivity index (χ2v) is 7.34. The number of amides is 1. The number of nitrogens with zero attached hydrogens (tertiary/aromatic N) is 4. The van der Waals surface area contributed by atoms with Crippen LogP contribution in [0.1, 0.15) is 47.9 Å². The maximum Gasteiger partial charge on any atom is 0.257 e. The Morgan fingerprint density at radius 1 is 1.50 bits per heavy atom. The molecule has 0 saturated carbocycles. The minimum atomic E-state index is -0.126. The summed E-state index contributed by atoms with van der Waals surface area (Å²) in [6.07, 6.45) is 4.17. The summed E-state index contributed by atoms with van der Waals surface area (Å²) in [5.74, 6) is 0.544. The first kappa shape index (κ1) is 17.1. The Morgan fingerprint density at radius 3 is 3.00 bits per heavy atom. The van der Waals surface area contributed by atoms with Gasteiger partial charge in [-0.25, -0.2) is 4.98 Å². The summed E-state index contributed by atoms with van der Waals surface area (Å²) < 4.78 is 7.76. The largest absolute Gasteiger partial charge is 0.367 e. The summed E-state index contributed by atoms with van der Waals surface area (Å²) in [7, 11) is 0. The van der Waals surface area contributed by atoms with E-state index in [0.717, 1.165) is 29.2 Å². The number of aromatic nitrogens is 3. The van der Waals surface area contributed by atoms with E-state index in [0.29, 0.717) is 25.6 Å². The van der Waals surface area contributed by atoms with Crippen LogP contribution in [0.15, 0.2) is 17.8 Å². The molecule has 1 atom stereocenters. The fourth-order valence-corrected chi connectivity index (χ4v) is 3.69. The van der Waals surface area contributed by atoms with Gasteiger partial charge in [-0.3, -0.25) is 9.48 Å². The van der Waals surface area contributed by atoms with Crippen LogP contribution >= 0.6 is 11.3 Å². The molecule has 2 aromatic rings. The zero-order valence-corrected chi connectivity index (χ0v) is 15.3. The van der Waals surface area contributed by atoms with Crippen molar-refractivity contribution in [2.24, 2.45) is 5.92 Å². The van der Waals surface area contributed by atoms with Crippen molar-refractivity contribution in [1.29, 1.82) is 0 Å². The van der Waals surface area contributed by atoms with Gasteiger partial charge < -0.3 is 9.64 Å². The lowest BCUT2D eigenvalue weighted by molar-refractivity contribution is -0.0229. The average molecular weight is 348 g/mol. The summed E-state index contributed by atoms with van der Waals surface area (Å²) in [6.45, 7) is 8.91. The van der Waals surface area contributed by atoms with E-state index in [1.807, 2.05) is 15.0 Å². The van der Waals surface area contributed by atoms with Gasteiger partial charge in [0.05, 0.1) is 30.6 Å². The van der Waals surface area contributed by atoms with Gasteiger partial charge in [0.1, 0.15) is 11.1 Å². The molecule has 1 fully saturated rings. The molecule has 1 saturated heterocycles. The number of carbonyl (C=O) groups is 1. The van der Waals surface area contributed by atoms with E-state index in [4.69, 9.17) is 4.74 Å². The van der Waals surface area contributed by atoms with E-state index < -0.39 is 0 Å². The maximum atomic E-state index is 13.0. The number of hydrogen-bond donors (Lipinski definition) is 0. The highest BCUT2D eigenvalue weighted by atomic mass is 32.1. The minimum Gasteiger partial charge on any atom is -0.367 e. The van der Waals surface area contributed by atoms with Crippen molar-refractivity contribution in [2.75, 3.05) is 19.7 Å². The fraction of sp³-hybridized carbons (Fsp3) is 0.588. The summed E-state index contributed by atoms with van der Waals surface area (Å²) in [6, 6.07) is 0. The van der Waals surface area contributed by atoms with E-state index in [1.165, 1.54) is 0 Å². The molecule has 0 bridgehead atoms. The molecule has 0 unspecified atom stereocenters. The average Bonchev–Trinajstić information content (AvgIpc) is 3.23. The highest BCUT2D eigenvalue weighted by molar-refractivity contribution is 7.09. The summed E-state index contributed by atoms with van der Waals surface area (Å²) in [5, 5.41) is 7.30. The molecule has 6 nitrogen and oxygen atoms in total. The number of thiazole rings is 1. The monoisotopic (exact) mass is 348 g/mol. The van der Waals surface area contributed by atoms with Gasteiger partial charge in [-0.05, 0) is 12.3 Å². The van der Waals surface area contributed by atoms with E-state index in [2.05, 4.69) is 30.9 Å².